The molecule has 0 heterocycles. The van der Waals surface area contributed by atoms with E-state index < -0.39 is 11.8 Å². The van der Waals surface area contributed by atoms with Gasteiger partial charge in [0.25, 0.3) is 0 Å². The predicted molar refractivity (Wildman–Crippen MR) is 76.2 cm³/mol. The smallest absolute Gasteiger partial charge is 0.339 e. The van der Waals surface area contributed by atoms with E-state index in [2.05, 4.69) is 10.1 Å². The molecular formula is C16H15F2NO2. The van der Waals surface area contributed by atoms with Gasteiger partial charge in [0, 0.05) is 6.54 Å². The van der Waals surface area contributed by atoms with Crippen molar-refractivity contribution in [2.45, 2.75) is 13.5 Å². The van der Waals surface area contributed by atoms with Crippen LogP contribution in [0, 0.1) is 18.6 Å². The molecule has 0 aliphatic carbocycles. The highest BCUT2D eigenvalue weighted by atomic mass is 19.1. The fourth-order valence-electron chi connectivity index (χ4n) is 1.97. The summed E-state index contributed by atoms with van der Waals surface area (Å²) >= 11 is 0. The molecular weight excluding hydrogens is 276 g/mol. The Morgan fingerprint density at radius 2 is 1.81 bits per heavy atom. The van der Waals surface area contributed by atoms with Gasteiger partial charge in [-0.15, -0.1) is 0 Å². The molecule has 0 amide bonds. The quantitative estimate of drug-likeness (QED) is 0.873. The number of hydrogen-bond acceptors (Lipinski definition) is 3. The number of carbonyl (C=O) groups is 1. The minimum atomic E-state index is -0.562. The Bertz CT molecular complexity index is 671. The van der Waals surface area contributed by atoms with Crippen LogP contribution >= 0.6 is 0 Å². The molecule has 0 aliphatic rings. The Morgan fingerprint density at radius 1 is 1.14 bits per heavy atom. The number of ether oxygens (including phenoxy) is 1. The van der Waals surface area contributed by atoms with Gasteiger partial charge in [-0.05, 0) is 48.4 Å². The van der Waals surface area contributed by atoms with Gasteiger partial charge in [0.15, 0.2) is 0 Å². The van der Waals surface area contributed by atoms with E-state index in [1.54, 1.807) is 6.07 Å². The molecule has 0 unspecified atom stereocenters. The molecule has 0 aliphatic heterocycles. The molecule has 0 radical (unpaired) electrons. The molecule has 3 nitrogen and oxygen atoms in total. The summed E-state index contributed by atoms with van der Waals surface area (Å²) in [5, 5.41) is 2.95. The second kappa shape index (κ2) is 6.35. The van der Waals surface area contributed by atoms with Crippen LogP contribution in [-0.4, -0.2) is 13.1 Å². The van der Waals surface area contributed by atoms with E-state index in [0.717, 1.165) is 11.1 Å². The van der Waals surface area contributed by atoms with Crippen molar-refractivity contribution >= 4 is 11.7 Å². The standard InChI is InChI=1S/C16H15F2NO2/c1-10-3-4-12(17)7-11(10)9-19-15-8-13(18)5-6-14(15)16(20)21-2/h3-8,19H,9H2,1-2H3. The summed E-state index contributed by atoms with van der Waals surface area (Å²) in [4.78, 5) is 11.6. The Morgan fingerprint density at radius 3 is 2.52 bits per heavy atom. The molecule has 0 saturated heterocycles. The second-order valence-corrected chi connectivity index (χ2v) is 4.61. The number of methoxy groups -OCH3 is 1. The Kier molecular flexibility index (Phi) is 4.52. The molecule has 5 heteroatoms. The molecule has 2 aromatic rings. The van der Waals surface area contributed by atoms with Crippen molar-refractivity contribution in [3.05, 3.63) is 64.7 Å². The van der Waals surface area contributed by atoms with E-state index in [0.29, 0.717) is 5.69 Å². The molecule has 21 heavy (non-hydrogen) atoms. The SMILES string of the molecule is COC(=O)c1ccc(F)cc1NCc1cc(F)ccc1C. The van der Waals surface area contributed by atoms with Crippen LogP contribution in [0.4, 0.5) is 14.5 Å². The van der Waals surface area contributed by atoms with Crippen LogP contribution in [0.1, 0.15) is 21.5 Å². The Hall–Kier alpha value is -2.43. The first-order valence-corrected chi connectivity index (χ1v) is 6.38. The molecule has 2 aromatic carbocycles. The zero-order valence-corrected chi connectivity index (χ0v) is 11.7. The Labute approximate surface area is 121 Å². The van der Waals surface area contributed by atoms with Crippen LogP contribution in [0.2, 0.25) is 0 Å². The summed E-state index contributed by atoms with van der Waals surface area (Å²) in [6.45, 7) is 2.13. The molecule has 110 valence electrons. The first-order chi connectivity index (χ1) is 10.0. The normalized spacial score (nSPS) is 10.3. The van der Waals surface area contributed by atoms with E-state index in [-0.39, 0.29) is 17.9 Å². The van der Waals surface area contributed by atoms with Crippen LogP contribution < -0.4 is 5.32 Å². The van der Waals surface area contributed by atoms with E-state index in [1.807, 2.05) is 6.92 Å². The number of anilines is 1. The first-order valence-electron chi connectivity index (χ1n) is 6.38. The lowest BCUT2D eigenvalue weighted by atomic mass is 10.1. The van der Waals surface area contributed by atoms with E-state index in [9.17, 15) is 13.6 Å². The minimum absolute atomic E-state index is 0.230. The molecule has 0 bridgehead atoms. The second-order valence-electron chi connectivity index (χ2n) is 4.61. The fourth-order valence-corrected chi connectivity index (χ4v) is 1.97. The van der Waals surface area contributed by atoms with Crippen molar-refractivity contribution in [3.8, 4) is 0 Å². The molecule has 2 rings (SSSR count). The van der Waals surface area contributed by atoms with Crippen LogP contribution in [0.3, 0.4) is 0 Å². The number of halogens is 2. The third kappa shape index (κ3) is 3.56. The molecule has 0 saturated carbocycles. The van der Waals surface area contributed by atoms with E-state index in [1.165, 1.54) is 37.4 Å². The van der Waals surface area contributed by atoms with Gasteiger partial charge in [-0.3, -0.25) is 0 Å². The molecule has 0 fully saturated rings. The molecule has 0 aromatic heterocycles. The highest BCUT2D eigenvalue weighted by molar-refractivity contribution is 5.95. The molecule has 0 atom stereocenters. The molecule has 1 N–H and O–H groups in total. The van der Waals surface area contributed by atoms with Crippen LogP contribution in [0.5, 0.6) is 0 Å². The van der Waals surface area contributed by atoms with Crippen molar-refractivity contribution in [1.82, 2.24) is 0 Å². The highest BCUT2D eigenvalue weighted by Crippen LogP contribution is 2.20. The lowest BCUT2D eigenvalue weighted by molar-refractivity contribution is 0.0601. The van der Waals surface area contributed by atoms with Gasteiger partial charge in [-0.25, -0.2) is 13.6 Å². The average Bonchev–Trinajstić information content (AvgIpc) is 2.47. The van der Waals surface area contributed by atoms with Crippen molar-refractivity contribution in [2.24, 2.45) is 0 Å². The predicted octanol–water partition coefficient (Wildman–Crippen LogP) is 3.67. The lowest BCUT2D eigenvalue weighted by Gasteiger charge is -2.12. The zero-order chi connectivity index (χ0) is 15.4. The van der Waals surface area contributed by atoms with Crippen molar-refractivity contribution in [2.75, 3.05) is 12.4 Å². The summed E-state index contributed by atoms with van der Waals surface area (Å²) in [5.74, 6) is -1.38. The van der Waals surface area contributed by atoms with Gasteiger partial charge in [0.2, 0.25) is 0 Å². The summed E-state index contributed by atoms with van der Waals surface area (Å²) in [6, 6.07) is 8.19. The van der Waals surface area contributed by atoms with E-state index >= 15 is 0 Å². The third-order valence-electron chi connectivity index (χ3n) is 3.17. The van der Waals surface area contributed by atoms with Gasteiger partial charge in [0.1, 0.15) is 11.6 Å². The van der Waals surface area contributed by atoms with Crippen molar-refractivity contribution in [1.29, 1.82) is 0 Å². The largest absolute Gasteiger partial charge is 0.465 e. The number of aryl methyl sites for hydroxylation is 1. The van der Waals surface area contributed by atoms with Crippen molar-refractivity contribution < 1.29 is 18.3 Å². The zero-order valence-electron chi connectivity index (χ0n) is 11.7. The topological polar surface area (TPSA) is 38.3 Å². The fraction of sp³-hybridized carbons (Fsp3) is 0.188. The summed E-state index contributed by atoms with van der Waals surface area (Å²) in [7, 11) is 1.26. The van der Waals surface area contributed by atoms with Gasteiger partial charge in [-0.2, -0.15) is 0 Å². The van der Waals surface area contributed by atoms with Gasteiger partial charge < -0.3 is 10.1 Å². The number of rotatable bonds is 4. The third-order valence-corrected chi connectivity index (χ3v) is 3.17. The summed E-state index contributed by atoms with van der Waals surface area (Å²) < 4.78 is 31.2. The van der Waals surface area contributed by atoms with Gasteiger partial charge >= 0.3 is 5.97 Å². The minimum Gasteiger partial charge on any atom is -0.465 e. The van der Waals surface area contributed by atoms with E-state index in [4.69, 9.17) is 0 Å². The first kappa shape index (κ1) is 15.0. The molecule has 0 spiro atoms. The van der Waals surface area contributed by atoms with Crippen molar-refractivity contribution in [3.63, 3.8) is 0 Å². The van der Waals surface area contributed by atoms with Crippen LogP contribution in [-0.2, 0) is 11.3 Å². The maximum Gasteiger partial charge on any atom is 0.339 e. The Balaban J connectivity index is 2.25. The summed E-state index contributed by atoms with van der Waals surface area (Å²) in [5.41, 5.74) is 2.17. The van der Waals surface area contributed by atoms with Crippen LogP contribution in [0.25, 0.3) is 0 Å². The number of esters is 1. The maximum absolute atomic E-state index is 13.3. The number of nitrogens with one attached hydrogen (secondary N) is 1. The average molecular weight is 291 g/mol. The summed E-state index contributed by atoms with van der Waals surface area (Å²) in [6.07, 6.45) is 0. The number of benzene rings is 2. The van der Waals surface area contributed by atoms with Gasteiger partial charge in [-0.1, -0.05) is 6.07 Å². The van der Waals surface area contributed by atoms with Crippen LogP contribution in [0.15, 0.2) is 36.4 Å². The number of hydrogen-bond donors (Lipinski definition) is 1. The number of carbonyl (C=O) groups excluding carboxylic acids is 1. The van der Waals surface area contributed by atoms with Gasteiger partial charge in [0.05, 0.1) is 18.4 Å². The maximum atomic E-state index is 13.3. The lowest BCUT2D eigenvalue weighted by Crippen LogP contribution is -2.09. The monoisotopic (exact) mass is 291 g/mol. The highest BCUT2D eigenvalue weighted by Gasteiger charge is 2.13.